The predicted octanol–water partition coefficient (Wildman–Crippen LogP) is 4.12. The molecule has 0 fully saturated rings. The van der Waals surface area contributed by atoms with Gasteiger partial charge in [-0.3, -0.25) is 0 Å². The number of hydrogen-bond donors (Lipinski definition) is 0. The Hall–Kier alpha value is -3.67. The van der Waals surface area contributed by atoms with Gasteiger partial charge in [-0.15, -0.1) is 0 Å². The van der Waals surface area contributed by atoms with Crippen LogP contribution in [-0.4, -0.2) is 17.3 Å². The number of rotatable bonds is 3. The van der Waals surface area contributed by atoms with E-state index in [4.69, 9.17) is 14.0 Å². The van der Waals surface area contributed by atoms with E-state index in [0.717, 1.165) is 16.5 Å². The van der Waals surface area contributed by atoms with Crippen LogP contribution in [0.3, 0.4) is 0 Å². The second kappa shape index (κ2) is 7.39. The van der Waals surface area contributed by atoms with Gasteiger partial charge in [-0.05, 0) is 37.6 Å². The van der Waals surface area contributed by atoms with Crippen molar-refractivity contribution in [2.75, 3.05) is 0 Å². The van der Waals surface area contributed by atoms with Crippen LogP contribution >= 0.6 is 0 Å². The predicted molar refractivity (Wildman–Crippen MR) is 110 cm³/mol. The molecule has 29 heavy (non-hydrogen) atoms. The van der Waals surface area contributed by atoms with E-state index in [9.17, 15) is 9.59 Å². The minimum absolute atomic E-state index is 0.412. The van der Waals surface area contributed by atoms with Gasteiger partial charge in [-0.1, -0.05) is 35.5 Å². The molecule has 0 bridgehead atoms. The van der Waals surface area contributed by atoms with Crippen molar-refractivity contribution >= 4 is 28.7 Å². The Bertz CT molecular complexity index is 1190. The summed E-state index contributed by atoms with van der Waals surface area (Å²) in [4.78, 5) is 28.5. The van der Waals surface area contributed by atoms with Crippen molar-refractivity contribution in [2.24, 2.45) is 5.16 Å². The summed E-state index contributed by atoms with van der Waals surface area (Å²) in [6, 6.07) is 16.1. The average Bonchev–Trinajstić information content (AvgIpc) is 2.69. The van der Waals surface area contributed by atoms with Crippen molar-refractivity contribution in [2.45, 2.75) is 25.9 Å². The summed E-state index contributed by atoms with van der Waals surface area (Å²) in [5.41, 5.74) is 1.63. The molecule has 0 aliphatic carbocycles. The summed E-state index contributed by atoms with van der Waals surface area (Å²) in [6.45, 7) is 3.68. The first-order valence-electron chi connectivity index (χ1n) is 9.18. The van der Waals surface area contributed by atoms with Crippen molar-refractivity contribution in [3.8, 4) is 5.75 Å². The first kappa shape index (κ1) is 18.7. The molecule has 2 heterocycles. The van der Waals surface area contributed by atoms with E-state index in [1.165, 1.54) is 12.1 Å². The molecule has 6 heteroatoms. The second-order valence-corrected chi connectivity index (χ2v) is 7.23. The first-order valence-corrected chi connectivity index (χ1v) is 9.18. The Morgan fingerprint density at radius 3 is 2.72 bits per heavy atom. The molecule has 146 valence electrons. The highest BCUT2D eigenvalue weighted by Crippen LogP contribution is 2.34. The first-order chi connectivity index (χ1) is 13.9. The van der Waals surface area contributed by atoms with Crippen molar-refractivity contribution in [1.82, 2.24) is 0 Å². The number of oxime groups is 1. The lowest BCUT2D eigenvalue weighted by Gasteiger charge is -2.33. The highest BCUT2D eigenvalue weighted by molar-refractivity contribution is 5.97. The van der Waals surface area contributed by atoms with E-state index >= 15 is 0 Å². The molecule has 6 nitrogen and oxygen atoms in total. The molecule has 1 aliphatic rings. The maximum Gasteiger partial charge on any atom is 0.358 e. The van der Waals surface area contributed by atoms with Crippen LogP contribution in [0.1, 0.15) is 25.0 Å². The fraction of sp³-hybridized carbons (Fsp3) is 0.174. The molecule has 0 spiro atoms. The molecule has 0 atom stereocenters. The van der Waals surface area contributed by atoms with Crippen LogP contribution in [0.4, 0.5) is 0 Å². The van der Waals surface area contributed by atoms with Crippen LogP contribution in [-0.2, 0) is 16.1 Å². The van der Waals surface area contributed by atoms with E-state index < -0.39 is 17.2 Å². The van der Waals surface area contributed by atoms with E-state index in [0.29, 0.717) is 23.5 Å². The second-order valence-electron chi connectivity index (χ2n) is 7.23. The van der Waals surface area contributed by atoms with Gasteiger partial charge in [0.1, 0.15) is 22.6 Å². The number of ether oxygens (including phenoxy) is 1. The number of nitrogens with zero attached hydrogens (tertiary/aromatic N) is 1. The topological polar surface area (TPSA) is 78.1 Å². The van der Waals surface area contributed by atoms with E-state index in [-0.39, 0.29) is 0 Å². The highest BCUT2D eigenvalue weighted by Gasteiger charge is 2.34. The van der Waals surface area contributed by atoms with Crippen LogP contribution in [0.5, 0.6) is 5.75 Å². The van der Waals surface area contributed by atoms with Crippen LogP contribution in [0.15, 0.2) is 75.0 Å². The molecule has 1 aromatic heterocycles. The Morgan fingerprint density at radius 2 is 1.93 bits per heavy atom. The Morgan fingerprint density at radius 1 is 1.14 bits per heavy atom. The van der Waals surface area contributed by atoms with Crippen LogP contribution in [0, 0.1) is 0 Å². The molecule has 0 amide bonds. The van der Waals surface area contributed by atoms with Crippen molar-refractivity contribution in [3.05, 3.63) is 82.2 Å². The van der Waals surface area contributed by atoms with Gasteiger partial charge < -0.3 is 14.0 Å². The van der Waals surface area contributed by atoms with Gasteiger partial charge in [0, 0.05) is 35.6 Å². The number of carbonyl (C=O) groups is 1. The molecular weight excluding hydrogens is 370 g/mol. The fourth-order valence-electron chi connectivity index (χ4n) is 3.11. The zero-order chi connectivity index (χ0) is 20.4. The molecule has 0 radical (unpaired) electrons. The third-order valence-corrected chi connectivity index (χ3v) is 4.68. The smallest absolute Gasteiger partial charge is 0.358 e. The van der Waals surface area contributed by atoms with Gasteiger partial charge in [0.05, 0.1) is 0 Å². The summed E-state index contributed by atoms with van der Waals surface area (Å²) < 4.78 is 11.3. The maximum atomic E-state index is 12.0. The van der Waals surface area contributed by atoms with Gasteiger partial charge in [-0.25, -0.2) is 9.59 Å². The number of hydrogen-bond acceptors (Lipinski definition) is 6. The lowest BCUT2D eigenvalue weighted by atomic mass is 9.91. The molecular formula is C23H19NO5. The van der Waals surface area contributed by atoms with Crippen LogP contribution < -0.4 is 10.4 Å². The summed E-state index contributed by atoms with van der Waals surface area (Å²) in [5.74, 6) is 0.0503. The number of benzene rings is 2. The third-order valence-electron chi connectivity index (χ3n) is 4.68. The lowest BCUT2D eigenvalue weighted by Crippen LogP contribution is -2.43. The molecule has 0 N–H and O–H groups in total. The van der Waals surface area contributed by atoms with E-state index in [1.807, 2.05) is 50.2 Å². The largest absolute Gasteiger partial charge is 0.481 e. The van der Waals surface area contributed by atoms with Gasteiger partial charge in [0.2, 0.25) is 0 Å². The van der Waals surface area contributed by atoms with E-state index in [2.05, 4.69) is 5.16 Å². The molecule has 0 saturated heterocycles. The standard InChI is InChI=1S/C23H19NO5/c1-23(2)20(24-29-22(26)10-8-15-6-4-3-5-7-15)13-17-12-16-9-11-21(25)27-18(16)14-19(17)28-23/h3-12,14H,13H2,1-2H3/b10-8+,24-20-. The Labute approximate surface area is 167 Å². The highest BCUT2D eigenvalue weighted by atomic mass is 16.7. The van der Waals surface area contributed by atoms with Crippen LogP contribution in [0.2, 0.25) is 0 Å². The van der Waals surface area contributed by atoms with Crippen LogP contribution in [0.25, 0.3) is 17.0 Å². The molecule has 2 aromatic carbocycles. The zero-order valence-electron chi connectivity index (χ0n) is 16.0. The SMILES string of the molecule is CC1(C)Oc2cc3oc(=O)ccc3cc2C/C1=N/OC(=O)/C=C/c1ccccc1. The van der Waals surface area contributed by atoms with Gasteiger partial charge >= 0.3 is 11.6 Å². The number of fused-ring (bicyclic) bond motifs is 2. The molecule has 0 unspecified atom stereocenters. The molecule has 1 aliphatic heterocycles. The van der Waals surface area contributed by atoms with Crippen molar-refractivity contribution in [1.29, 1.82) is 0 Å². The summed E-state index contributed by atoms with van der Waals surface area (Å²) >= 11 is 0. The molecule has 4 rings (SSSR count). The van der Waals surface area contributed by atoms with Crippen molar-refractivity contribution in [3.63, 3.8) is 0 Å². The Kier molecular flexibility index (Phi) is 4.76. The fourth-order valence-corrected chi connectivity index (χ4v) is 3.11. The quantitative estimate of drug-likeness (QED) is 0.291. The van der Waals surface area contributed by atoms with Gasteiger partial charge in [-0.2, -0.15) is 0 Å². The van der Waals surface area contributed by atoms with Crippen molar-refractivity contribution < 1.29 is 18.8 Å². The molecule has 3 aromatic rings. The van der Waals surface area contributed by atoms with E-state index in [1.54, 1.807) is 18.2 Å². The average molecular weight is 389 g/mol. The lowest BCUT2D eigenvalue weighted by molar-refractivity contribution is -0.137. The minimum atomic E-state index is -0.779. The summed E-state index contributed by atoms with van der Waals surface area (Å²) in [6.07, 6.45) is 3.45. The minimum Gasteiger partial charge on any atom is -0.481 e. The Balaban J connectivity index is 1.55. The normalized spacial score (nSPS) is 16.6. The third kappa shape index (κ3) is 4.11. The monoisotopic (exact) mass is 389 g/mol. The van der Waals surface area contributed by atoms with Gasteiger partial charge in [0.25, 0.3) is 0 Å². The number of carbonyl (C=O) groups excluding carboxylic acids is 1. The molecule has 0 saturated carbocycles. The summed E-state index contributed by atoms with van der Waals surface area (Å²) in [7, 11) is 0. The summed E-state index contributed by atoms with van der Waals surface area (Å²) in [5, 5.41) is 4.84. The van der Waals surface area contributed by atoms with Gasteiger partial charge in [0.15, 0.2) is 0 Å². The zero-order valence-corrected chi connectivity index (χ0v) is 16.0. The maximum absolute atomic E-state index is 12.0.